The van der Waals surface area contributed by atoms with Crippen molar-refractivity contribution in [3.05, 3.63) is 0 Å². The van der Waals surface area contributed by atoms with Gasteiger partial charge < -0.3 is 18.9 Å². The molecule has 0 N–H and O–H groups in total. The van der Waals surface area contributed by atoms with Crippen molar-refractivity contribution in [1.82, 2.24) is 0 Å². The monoisotopic (exact) mass is 274 g/mol. The highest BCUT2D eigenvalue weighted by atomic mass is 16.6. The summed E-state index contributed by atoms with van der Waals surface area (Å²) >= 11 is 0. The molecule has 0 spiro atoms. The highest BCUT2D eigenvalue weighted by molar-refractivity contribution is 5.68. The lowest BCUT2D eigenvalue weighted by molar-refractivity contribution is -0.222. The van der Waals surface area contributed by atoms with Gasteiger partial charge in [-0.15, -0.1) is 0 Å². The Bertz CT molecular complexity index is 365. The van der Waals surface area contributed by atoms with Crippen LogP contribution < -0.4 is 0 Å². The van der Waals surface area contributed by atoms with Crippen LogP contribution in [0.3, 0.4) is 0 Å². The molecule has 108 valence electrons. The lowest BCUT2D eigenvalue weighted by Gasteiger charge is -2.39. The molecule has 1 rings (SSSR count). The van der Waals surface area contributed by atoms with E-state index in [-0.39, 0.29) is 6.61 Å². The lowest BCUT2D eigenvalue weighted by atomic mass is 10.0. The van der Waals surface area contributed by atoms with E-state index in [1.54, 1.807) is 6.92 Å². The minimum atomic E-state index is -0.867. The second-order valence-corrected chi connectivity index (χ2v) is 4.33. The van der Waals surface area contributed by atoms with Gasteiger partial charge >= 0.3 is 17.9 Å². The average molecular weight is 274 g/mol. The number of rotatable bonds is 3. The molecule has 1 heterocycles. The van der Waals surface area contributed by atoms with Gasteiger partial charge in [0.2, 0.25) is 0 Å². The molecule has 19 heavy (non-hydrogen) atoms. The third-order valence-corrected chi connectivity index (χ3v) is 2.60. The van der Waals surface area contributed by atoms with E-state index in [1.165, 1.54) is 20.8 Å². The van der Waals surface area contributed by atoms with E-state index in [4.69, 9.17) is 18.9 Å². The van der Waals surface area contributed by atoms with Gasteiger partial charge in [0.15, 0.2) is 18.3 Å². The third-order valence-electron chi connectivity index (χ3n) is 2.60. The molecule has 0 bridgehead atoms. The number of hydrogen-bond donors (Lipinski definition) is 0. The fraction of sp³-hybridized carbons (Fsp3) is 0.750. The quantitative estimate of drug-likeness (QED) is 0.536. The average Bonchev–Trinajstić information content (AvgIpc) is 2.25. The first-order chi connectivity index (χ1) is 8.81. The van der Waals surface area contributed by atoms with Crippen LogP contribution in [0.4, 0.5) is 0 Å². The van der Waals surface area contributed by atoms with Gasteiger partial charge in [-0.2, -0.15) is 0 Å². The van der Waals surface area contributed by atoms with E-state index in [1.807, 2.05) is 0 Å². The van der Waals surface area contributed by atoms with Crippen molar-refractivity contribution in [1.29, 1.82) is 0 Å². The molecule has 1 unspecified atom stereocenters. The van der Waals surface area contributed by atoms with Gasteiger partial charge in [0.25, 0.3) is 0 Å². The van der Waals surface area contributed by atoms with Gasteiger partial charge in [-0.1, -0.05) is 0 Å². The molecular formula is C12H18O7. The standard InChI is InChI=1S/C12H18O7/c1-6-11(18-8(3)14)12(19-9(4)15)10(5-16-6)17-7(2)13/h6,10-12H,5H2,1-4H3/t6?,10-,11-,12-/m0/s1. The Labute approximate surface area is 111 Å². The molecule has 1 saturated heterocycles. The van der Waals surface area contributed by atoms with E-state index >= 15 is 0 Å². The number of carbonyl (C=O) groups excluding carboxylic acids is 3. The smallest absolute Gasteiger partial charge is 0.303 e. The fourth-order valence-electron chi connectivity index (χ4n) is 1.92. The second-order valence-electron chi connectivity index (χ2n) is 4.33. The first kappa shape index (κ1) is 15.4. The summed E-state index contributed by atoms with van der Waals surface area (Å²) in [6.07, 6.45) is -2.92. The highest BCUT2D eigenvalue weighted by Crippen LogP contribution is 2.24. The van der Waals surface area contributed by atoms with Crippen LogP contribution in [0, 0.1) is 0 Å². The first-order valence-corrected chi connectivity index (χ1v) is 5.94. The maximum atomic E-state index is 11.1. The van der Waals surface area contributed by atoms with Crippen LogP contribution >= 0.6 is 0 Å². The van der Waals surface area contributed by atoms with Crippen LogP contribution in [-0.4, -0.2) is 48.9 Å². The summed E-state index contributed by atoms with van der Waals surface area (Å²) in [7, 11) is 0. The molecule has 1 fully saturated rings. The van der Waals surface area contributed by atoms with Gasteiger partial charge in [0.05, 0.1) is 12.7 Å². The van der Waals surface area contributed by atoms with Crippen LogP contribution in [-0.2, 0) is 33.3 Å². The summed E-state index contributed by atoms with van der Waals surface area (Å²) in [5, 5.41) is 0. The molecule has 4 atom stereocenters. The van der Waals surface area contributed by atoms with E-state index in [9.17, 15) is 14.4 Å². The Balaban J connectivity index is 2.89. The van der Waals surface area contributed by atoms with E-state index in [0.717, 1.165) is 0 Å². The summed E-state index contributed by atoms with van der Waals surface area (Å²) in [5.41, 5.74) is 0. The third kappa shape index (κ3) is 4.51. The highest BCUT2D eigenvalue weighted by Gasteiger charge is 2.44. The predicted octanol–water partition coefficient (Wildman–Crippen LogP) is 0.200. The zero-order valence-corrected chi connectivity index (χ0v) is 11.4. The normalized spacial score (nSPS) is 30.3. The van der Waals surface area contributed by atoms with E-state index in [2.05, 4.69) is 0 Å². The molecule has 1 aliphatic heterocycles. The Kier molecular flexibility index (Phi) is 5.29. The summed E-state index contributed by atoms with van der Waals surface area (Å²) in [6.45, 7) is 5.48. The Morgan fingerprint density at radius 3 is 1.84 bits per heavy atom. The minimum Gasteiger partial charge on any atom is -0.456 e. The van der Waals surface area contributed by atoms with Crippen molar-refractivity contribution in [2.45, 2.75) is 52.1 Å². The zero-order chi connectivity index (χ0) is 14.6. The molecule has 0 aromatic rings. The molecule has 0 aromatic carbocycles. The van der Waals surface area contributed by atoms with Crippen molar-refractivity contribution in [3.8, 4) is 0 Å². The Hall–Kier alpha value is -1.63. The Morgan fingerprint density at radius 1 is 0.895 bits per heavy atom. The predicted molar refractivity (Wildman–Crippen MR) is 62.1 cm³/mol. The van der Waals surface area contributed by atoms with Crippen LogP contribution in [0.15, 0.2) is 0 Å². The van der Waals surface area contributed by atoms with Crippen LogP contribution in [0.1, 0.15) is 27.7 Å². The molecule has 0 saturated carbocycles. The molecule has 0 aliphatic carbocycles. The van der Waals surface area contributed by atoms with Gasteiger partial charge in [0, 0.05) is 20.8 Å². The number of carbonyl (C=O) groups is 3. The lowest BCUT2D eigenvalue weighted by Crippen LogP contribution is -2.56. The van der Waals surface area contributed by atoms with E-state index < -0.39 is 42.3 Å². The molecule has 0 radical (unpaired) electrons. The van der Waals surface area contributed by atoms with Gasteiger partial charge in [-0.05, 0) is 6.92 Å². The van der Waals surface area contributed by atoms with Crippen molar-refractivity contribution in [2.24, 2.45) is 0 Å². The number of esters is 3. The maximum Gasteiger partial charge on any atom is 0.303 e. The fourth-order valence-corrected chi connectivity index (χ4v) is 1.92. The molecular weight excluding hydrogens is 256 g/mol. The second kappa shape index (κ2) is 6.51. The summed E-state index contributed by atoms with van der Waals surface area (Å²) in [5.74, 6) is -1.60. The largest absolute Gasteiger partial charge is 0.456 e. The topological polar surface area (TPSA) is 88.1 Å². The van der Waals surface area contributed by atoms with Crippen molar-refractivity contribution in [2.75, 3.05) is 6.61 Å². The summed E-state index contributed by atoms with van der Waals surface area (Å²) < 4.78 is 20.6. The van der Waals surface area contributed by atoms with Gasteiger partial charge in [-0.3, -0.25) is 14.4 Å². The first-order valence-electron chi connectivity index (χ1n) is 5.94. The number of hydrogen-bond acceptors (Lipinski definition) is 7. The van der Waals surface area contributed by atoms with Crippen molar-refractivity contribution >= 4 is 17.9 Å². The van der Waals surface area contributed by atoms with Gasteiger partial charge in [0.1, 0.15) is 0 Å². The minimum absolute atomic E-state index is 0.0798. The molecule has 1 aliphatic rings. The zero-order valence-electron chi connectivity index (χ0n) is 11.4. The van der Waals surface area contributed by atoms with Gasteiger partial charge in [-0.25, -0.2) is 0 Å². The van der Waals surface area contributed by atoms with Crippen molar-refractivity contribution < 1.29 is 33.3 Å². The van der Waals surface area contributed by atoms with Crippen molar-refractivity contribution in [3.63, 3.8) is 0 Å². The maximum absolute atomic E-state index is 11.1. The molecule has 7 nitrogen and oxygen atoms in total. The molecule has 7 heteroatoms. The van der Waals surface area contributed by atoms with Crippen LogP contribution in [0.25, 0.3) is 0 Å². The summed E-state index contributed by atoms with van der Waals surface area (Å²) in [6, 6.07) is 0. The SMILES string of the molecule is CC(=O)O[C@H]1[C@@H](OC(C)=O)COC(C)[C@@H]1OC(C)=O. The Morgan fingerprint density at radius 2 is 1.37 bits per heavy atom. The molecule has 0 aromatic heterocycles. The van der Waals surface area contributed by atoms with Crippen LogP contribution in [0.5, 0.6) is 0 Å². The summed E-state index contributed by atoms with van der Waals surface area (Å²) in [4.78, 5) is 33.3. The molecule has 0 amide bonds. The van der Waals surface area contributed by atoms with Crippen LogP contribution in [0.2, 0.25) is 0 Å². The number of ether oxygens (including phenoxy) is 4. The van der Waals surface area contributed by atoms with E-state index in [0.29, 0.717) is 0 Å².